The lowest BCUT2D eigenvalue weighted by molar-refractivity contribution is -0.153. The second-order valence-corrected chi connectivity index (χ2v) is 3.38. The molecule has 6 heteroatoms. The summed E-state index contributed by atoms with van der Waals surface area (Å²) in [7, 11) is 0. The molecule has 6 nitrogen and oxygen atoms in total. The summed E-state index contributed by atoms with van der Waals surface area (Å²) in [5.74, 6) is -3.71. The Morgan fingerprint density at radius 2 is 1.87 bits per heavy atom. The van der Waals surface area contributed by atoms with E-state index in [1.54, 1.807) is 6.92 Å². The first kappa shape index (κ1) is 13.4. The van der Waals surface area contributed by atoms with Crippen molar-refractivity contribution in [3.63, 3.8) is 0 Å². The minimum atomic E-state index is -1.12. The molecule has 0 saturated heterocycles. The summed E-state index contributed by atoms with van der Waals surface area (Å²) in [5.41, 5.74) is 5.28. The summed E-state index contributed by atoms with van der Waals surface area (Å²) in [6, 6.07) is 0. The molecule has 0 saturated carbocycles. The Morgan fingerprint density at radius 3 is 2.20 bits per heavy atom. The molecule has 2 atom stereocenters. The van der Waals surface area contributed by atoms with Gasteiger partial charge in [0.1, 0.15) is 0 Å². The van der Waals surface area contributed by atoms with Crippen molar-refractivity contribution in [1.29, 1.82) is 0 Å². The van der Waals surface area contributed by atoms with E-state index in [-0.39, 0.29) is 13.0 Å². The summed E-state index contributed by atoms with van der Waals surface area (Å²) < 4.78 is 0. The summed E-state index contributed by atoms with van der Waals surface area (Å²) >= 11 is 0. The second kappa shape index (κ2) is 6.00. The molecule has 0 aliphatic rings. The summed E-state index contributed by atoms with van der Waals surface area (Å²) in [6.07, 6.45) is 0.178. The van der Waals surface area contributed by atoms with Crippen LogP contribution in [0.5, 0.6) is 0 Å². The number of aliphatic carboxylic acids is 2. The number of amidine groups is 1. The highest BCUT2D eigenvalue weighted by Crippen LogP contribution is 2.16. The zero-order valence-corrected chi connectivity index (χ0v) is 8.80. The topological polar surface area (TPSA) is 113 Å². The number of aliphatic imine (C=N–C) groups is 1. The van der Waals surface area contributed by atoms with Crippen LogP contribution in [0.25, 0.3) is 0 Å². The van der Waals surface area contributed by atoms with Gasteiger partial charge >= 0.3 is 11.9 Å². The molecule has 0 amide bonds. The lowest BCUT2D eigenvalue weighted by Gasteiger charge is -2.14. The Balaban J connectivity index is 4.36. The number of carboxylic acid groups (broad SMARTS) is 2. The van der Waals surface area contributed by atoms with Crippen molar-refractivity contribution < 1.29 is 19.8 Å². The van der Waals surface area contributed by atoms with Crippen LogP contribution in [0.4, 0.5) is 0 Å². The lowest BCUT2D eigenvalue weighted by Crippen LogP contribution is -2.28. The molecule has 0 aliphatic heterocycles. The first-order chi connectivity index (χ1) is 6.86. The zero-order chi connectivity index (χ0) is 12.0. The standard InChI is InChI=1S/C9H16N2O4/c1-5(8(12)13)7(9(14)15)3-4-11-6(2)10/h5,7H,3-4H2,1-2H3,(H2,10,11)(H,12,13)(H,14,15). The Bertz CT molecular complexity index is 271. The van der Waals surface area contributed by atoms with Gasteiger partial charge in [-0.15, -0.1) is 0 Å². The predicted molar refractivity (Wildman–Crippen MR) is 54.7 cm³/mol. The molecular formula is C9H16N2O4. The molecule has 0 aromatic carbocycles. The van der Waals surface area contributed by atoms with Crippen LogP contribution in [0, 0.1) is 11.8 Å². The van der Waals surface area contributed by atoms with Crippen LogP contribution in [-0.2, 0) is 9.59 Å². The van der Waals surface area contributed by atoms with E-state index in [0.29, 0.717) is 5.84 Å². The first-order valence-electron chi connectivity index (χ1n) is 4.58. The van der Waals surface area contributed by atoms with Gasteiger partial charge in [-0.25, -0.2) is 0 Å². The van der Waals surface area contributed by atoms with Gasteiger partial charge in [0.05, 0.1) is 17.7 Å². The maximum atomic E-state index is 10.8. The Morgan fingerprint density at radius 1 is 1.33 bits per heavy atom. The van der Waals surface area contributed by atoms with E-state index >= 15 is 0 Å². The van der Waals surface area contributed by atoms with E-state index in [1.165, 1.54) is 6.92 Å². The van der Waals surface area contributed by atoms with Gasteiger partial charge in [-0.3, -0.25) is 14.6 Å². The monoisotopic (exact) mass is 216 g/mol. The summed E-state index contributed by atoms with van der Waals surface area (Å²) in [4.78, 5) is 25.2. The van der Waals surface area contributed by atoms with Gasteiger partial charge in [-0.1, -0.05) is 6.92 Å². The van der Waals surface area contributed by atoms with E-state index in [0.717, 1.165) is 0 Å². The van der Waals surface area contributed by atoms with Crippen molar-refractivity contribution in [3.8, 4) is 0 Å². The van der Waals surface area contributed by atoms with Gasteiger partial charge in [0.2, 0.25) is 0 Å². The van der Waals surface area contributed by atoms with E-state index in [2.05, 4.69) is 4.99 Å². The molecule has 0 heterocycles. The fourth-order valence-corrected chi connectivity index (χ4v) is 1.14. The van der Waals surface area contributed by atoms with Crippen LogP contribution >= 0.6 is 0 Å². The Kier molecular flexibility index (Phi) is 5.36. The van der Waals surface area contributed by atoms with Gasteiger partial charge in [0, 0.05) is 6.54 Å². The number of rotatable bonds is 6. The Hall–Kier alpha value is -1.59. The van der Waals surface area contributed by atoms with Crippen molar-refractivity contribution in [1.82, 2.24) is 0 Å². The van der Waals surface area contributed by atoms with Crippen molar-refractivity contribution >= 4 is 17.8 Å². The van der Waals surface area contributed by atoms with Crippen molar-refractivity contribution in [2.45, 2.75) is 20.3 Å². The van der Waals surface area contributed by atoms with Gasteiger partial charge in [-0.05, 0) is 13.3 Å². The van der Waals surface area contributed by atoms with Crippen LogP contribution in [-0.4, -0.2) is 34.5 Å². The third-order valence-corrected chi connectivity index (χ3v) is 2.11. The van der Waals surface area contributed by atoms with Crippen LogP contribution in [0.2, 0.25) is 0 Å². The molecule has 4 N–H and O–H groups in total. The maximum absolute atomic E-state index is 10.8. The molecule has 15 heavy (non-hydrogen) atoms. The molecule has 0 bridgehead atoms. The minimum Gasteiger partial charge on any atom is -0.481 e. The highest BCUT2D eigenvalue weighted by Gasteiger charge is 2.29. The van der Waals surface area contributed by atoms with Crippen molar-refractivity contribution in [3.05, 3.63) is 0 Å². The van der Waals surface area contributed by atoms with E-state index in [4.69, 9.17) is 15.9 Å². The third kappa shape index (κ3) is 4.99. The van der Waals surface area contributed by atoms with Crippen LogP contribution in [0.1, 0.15) is 20.3 Å². The fourth-order valence-electron chi connectivity index (χ4n) is 1.14. The molecule has 2 unspecified atom stereocenters. The largest absolute Gasteiger partial charge is 0.481 e. The molecule has 0 radical (unpaired) electrons. The van der Waals surface area contributed by atoms with Gasteiger partial charge < -0.3 is 15.9 Å². The molecule has 0 aromatic heterocycles. The van der Waals surface area contributed by atoms with Gasteiger partial charge in [0.25, 0.3) is 0 Å². The molecule has 0 aliphatic carbocycles. The molecule has 0 fully saturated rings. The van der Waals surface area contributed by atoms with Gasteiger partial charge in [-0.2, -0.15) is 0 Å². The SMILES string of the molecule is CC(N)=NCCC(C(=O)O)C(C)C(=O)O. The molecule has 0 aromatic rings. The van der Waals surface area contributed by atoms with E-state index in [9.17, 15) is 9.59 Å². The smallest absolute Gasteiger partial charge is 0.307 e. The van der Waals surface area contributed by atoms with Gasteiger partial charge in [0.15, 0.2) is 0 Å². The quantitative estimate of drug-likeness (QED) is 0.433. The fraction of sp³-hybridized carbons (Fsp3) is 0.667. The predicted octanol–water partition coefficient (Wildman–Crippen LogP) is 0.175. The third-order valence-electron chi connectivity index (χ3n) is 2.11. The molecular weight excluding hydrogens is 200 g/mol. The number of hydrogen-bond donors (Lipinski definition) is 3. The van der Waals surface area contributed by atoms with E-state index in [1.807, 2.05) is 0 Å². The first-order valence-corrected chi connectivity index (χ1v) is 4.58. The second-order valence-electron chi connectivity index (χ2n) is 3.38. The number of carbonyl (C=O) groups is 2. The number of nitrogens with two attached hydrogens (primary N) is 1. The number of nitrogens with zero attached hydrogens (tertiary/aromatic N) is 1. The highest BCUT2D eigenvalue weighted by atomic mass is 16.4. The number of carboxylic acids is 2. The van der Waals surface area contributed by atoms with Crippen LogP contribution in [0.15, 0.2) is 4.99 Å². The Labute approximate surface area is 87.8 Å². The molecule has 0 spiro atoms. The maximum Gasteiger partial charge on any atom is 0.307 e. The highest BCUT2D eigenvalue weighted by molar-refractivity contribution is 5.80. The summed E-state index contributed by atoms with van der Waals surface area (Å²) in [6.45, 7) is 3.20. The number of hydrogen-bond acceptors (Lipinski definition) is 3. The zero-order valence-electron chi connectivity index (χ0n) is 8.80. The van der Waals surface area contributed by atoms with E-state index < -0.39 is 23.8 Å². The lowest BCUT2D eigenvalue weighted by atomic mass is 9.91. The molecule has 0 rings (SSSR count). The normalized spacial score (nSPS) is 15.7. The minimum absolute atomic E-state index is 0.178. The average Bonchev–Trinajstić information content (AvgIpc) is 2.10. The van der Waals surface area contributed by atoms with Crippen molar-refractivity contribution in [2.24, 2.45) is 22.6 Å². The summed E-state index contributed by atoms with van der Waals surface area (Å²) in [5, 5.41) is 17.5. The average molecular weight is 216 g/mol. The van der Waals surface area contributed by atoms with Crippen molar-refractivity contribution in [2.75, 3.05) is 6.54 Å². The van der Waals surface area contributed by atoms with Crippen LogP contribution in [0.3, 0.4) is 0 Å². The molecule has 86 valence electrons. The van der Waals surface area contributed by atoms with Crippen LogP contribution < -0.4 is 5.73 Å².